The van der Waals surface area contributed by atoms with Crippen molar-refractivity contribution < 1.29 is 18.4 Å². The minimum absolute atomic E-state index is 0.182. The van der Waals surface area contributed by atoms with Crippen LogP contribution in [0.25, 0.3) is 5.57 Å². The summed E-state index contributed by atoms with van der Waals surface area (Å²) in [4.78, 5) is 25.3. The number of nitrogens with one attached hydrogen (secondary N) is 1. The van der Waals surface area contributed by atoms with E-state index in [-0.39, 0.29) is 12.2 Å². The summed E-state index contributed by atoms with van der Waals surface area (Å²) in [7, 11) is 0. The SMILES string of the molecule is CC(C)(F)CC(NC(=O)N1CC=C(c2ccc(F)cc2)CC1)C(N)=O. The van der Waals surface area contributed by atoms with Gasteiger partial charge < -0.3 is 16.0 Å². The lowest BCUT2D eigenvalue weighted by molar-refractivity contribution is -0.120. The van der Waals surface area contributed by atoms with E-state index in [1.54, 1.807) is 12.1 Å². The van der Waals surface area contributed by atoms with E-state index in [0.29, 0.717) is 19.5 Å². The average Bonchev–Trinajstić information content (AvgIpc) is 2.53. The van der Waals surface area contributed by atoms with Crippen LogP contribution in [0.15, 0.2) is 30.3 Å². The highest BCUT2D eigenvalue weighted by Crippen LogP contribution is 2.23. The zero-order chi connectivity index (χ0) is 18.6. The summed E-state index contributed by atoms with van der Waals surface area (Å²) in [6.45, 7) is 3.45. The third-order valence-electron chi connectivity index (χ3n) is 4.04. The van der Waals surface area contributed by atoms with Crippen LogP contribution < -0.4 is 11.1 Å². The summed E-state index contributed by atoms with van der Waals surface area (Å²) in [5.41, 5.74) is 5.57. The highest BCUT2D eigenvalue weighted by atomic mass is 19.1. The van der Waals surface area contributed by atoms with Gasteiger partial charge in [0.25, 0.3) is 0 Å². The van der Waals surface area contributed by atoms with Crippen molar-refractivity contribution in [1.82, 2.24) is 10.2 Å². The van der Waals surface area contributed by atoms with Gasteiger partial charge in [-0.1, -0.05) is 18.2 Å². The van der Waals surface area contributed by atoms with E-state index < -0.39 is 23.6 Å². The Balaban J connectivity index is 1.97. The van der Waals surface area contributed by atoms with Crippen molar-refractivity contribution in [3.8, 4) is 0 Å². The minimum Gasteiger partial charge on any atom is -0.368 e. The van der Waals surface area contributed by atoms with Gasteiger partial charge in [-0.25, -0.2) is 13.6 Å². The molecule has 1 atom stereocenters. The number of nitrogens with zero attached hydrogens (tertiary/aromatic N) is 1. The van der Waals surface area contributed by atoms with Crippen LogP contribution in [0.5, 0.6) is 0 Å². The first kappa shape index (κ1) is 18.9. The monoisotopic (exact) mass is 351 g/mol. The maximum absolute atomic E-state index is 13.8. The normalized spacial score (nSPS) is 16.2. The van der Waals surface area contributed by atoms with Gasteiger partial charge in [0, 0.05) is 19.5 Å². The summed E-state index contributed by atoms with van der Waals surface area (Å²) >= 11 is 0. The second-order valence-corrected chi connectivity index (χ2v) is 6.76. The Morgan fingerprint density at radius 1 is 1.32 bits per heavy atom. The summed E-state index contributed by atoms with van der Waals surface area (Å²) in [6.07, 6.45) is 2.31. The molecule has 0 spiro atoms. The van der Waals surface area contributed by atoms with Gasteiger partial charge in [0.15, 0.2) is 0 Å². The number of halogens is 2. The molecule has 0 aliphatic carbocycles. The quantitative estimate of drug-likeness (QED) is 0.856. The number of carbonyl (C=O) groups excluding carboxylic acids is 2. The number of hydrogen-bond donors (Lipinski definition) is 2. The molecule has 0 aromatic heterocycles. The zero-order valence-electron chi connectivity index (χ0n) is 14.4. The van der Waals surface area contributed by atoms with Crippen molar-refractivity contribution in [3.05, 3.63) is 41.7 Å². The molecule has 3 amide bonds. The predicted molar refractivity (Wildman–Crippen MR) is 91.9 cm³/mol. The van der Waals surface area contributed by atoms with E-state index in [4.69, 9.17) is 5.73 Å². The van der Waals surface area contributed by atoms with E-state index >= 15 is 0 Å². The maximum atomic E-state index is 13.8. The Bertz CT molecular complexity index is 666. The topological polar surface area (TPSA) is 75.4 Å². The van der Waals surface area contributed by atoms with Crippen molar-refractivity contribution in [3.63, 3.8) is 0 Å². The van der Waals surface area contributed by atoms with Crippen LogP contribution in [0.2, 0.25) is 0 Å². The van der Waals surface area contributed by atoms with E-state index in [0.717, 1.165) is 11.1 Å². The van der Waals surface area contributed by atoms with Crippen LogP contribution in [0.4, 0.5) is 13.6 Å². The number of amides is 3. The average molecular weight is 351 g/mol. The number of primary amides is 1. The summed E-state index contributed by atoms with van der Waals surface area (Å²) in [5.74, 6) is -1.06. The number of hydrogen-bond acceptors (Lipinski definition) is 2. The van der Waals surface area contributed by atoms with Gasteiger partial charge in [-0.05, 0) is 43.5 Å². The number of carbonyl (C=O) groups is 2. The number of benzene rings is 1. The molecule has 0 radical (unpaired) electrons. The molecule has 25 heavy (non-hydrogen) atoms. The molecule has 1 unspecified atom stereocenters. The second kappa shape index (κ2) is 7.63. The fourth-order valence-electron chi connectivity index (χ4n) is 2.73. The second-order valence-electron chi connectivity index (χ2n) is 6.76. The summed E-state index contributed by atoms with van der Waals surface area (Å²) in [6, 6.07) is 4.67. The number of nitrogens with two attached hydrogens (primary N) is 1. The Morgan fingerprint density at radius 3 is 2.44 bits per heavy atom. The molecule has 3 N–H and O–H groups in total. The molecule has 136 valence electrons. The lowest BCUT2D eigenvalue weighted by Crippen LogP contribution is -2.52. The standard InChI is InChI=1S/C18H23F2N3O2/c1-18(2,20)11-15(16(21)24)22-17(25)23-9-7-13(8-10-23)12-3-5-14(19)6-4-12/h3-7,15H,8-11H2,1-2H3,(H2,21,24)(H,22,25). The first-order valence-corrected chi connectivity index (χ1v) is 8.14. The van der Waals surface area contributed by atoms with Crippen molar-refractivity contribution >= 4 is 17.5 Å². The highest BCUT2D eigenvalue weighted by molar-refractivity contribution is 5.86. The lowest BCUT2D eigenvalue weighted by atomic mass is 9.99. The van der Waals surface area contributed by atoms with Crippen LogP contribution in [-0.2, 0) is 4.79 Å². The van der Waals surface area contributed by atoms with Gasteiger partial charge in [-0.2, -0.15) is 0 Å². The van der Waals surface area contributed by atoms with Crippen LogP contribution in [-0.4, -0.2) is 41.6 Å². The predicted octanol–water partition coefficient (Wildman–Crippen LogP) is 2.62. The molecule has 0 saturated carbocycles. The Hall–Kier alpha value is -2.44. The number of rotatable bonds is 5. The molecule has 2 rings (SSSR count). The molecule has 0 fully saturated rings. The third-order valence-corrected chi connectivity index (χ3v) is 4.04. The molecule has 1 aliphatic rings. The van der Waals surface area contributed by atoms with E-state index in [1.165, 1.54) is 30.9 Å². The molecule has 1 aromatic rings. The molecular weight excluding hydrogens is 328 g/mol. The number of urea groups is 1. The minimum atomic E-state index is -1.62. The van der Waals surface area contributed by atoms with E-state index in [2.05, 4.69) is 5.32 Å². The highest BCUT2D eigenvalue weighted by Gasteiger charge is 2.29. The molecule has 0 saturated heterocycles. The number of alkyl halides is 1. The fraction of sp³-hybridized carbons (Fsp3) is 0.444. The van der Waals surface area contributed by atoms with Crippen molar-refractivity contribution in [1.29, 1.82) is 0 Å². The van der Waals surface area contributed by atoms with Gasteiger partial charge in [0.2, 0.25) is 5.91 Å². The molecule has 0 bridgehead atoms. The first-order chi connectivity index (χ1) is 11.7. The summed E-state index contributed by atoms with van der Waals surface area (Å²) in [5, 5.41) is 2.50. The Labute approximate surface area is 145 Å². The first-order valence-electron chi connectivity index (χ1n) is 8.14. The molecule has 5 nitrogen and oxygen atoms in total. The van der Waals surface area contributed by atoms with Crippen LogP contribution in [0.3, 0.4) is 0 Å². The molecule has 1 aliphatic heterocycles. The van der Waals surface area contributed by atoms with Crippen LogP contribution >= 0.6 is 0 Å². The van der Waals surface area contributed by atoms with Gasteiger partial charge in [0.05, 0.1) is 0 Å². The third kappa shape index (κ3) is 5.55. The maximum Gasteiger partial charge on any atom is 0.318 e. The van der Waals surface area contributed by atoms with Crippen LogP contribution in [0, 0.1) is 5.82 Å². The zero-order valence-corrected chi connectivity index (χ0v) is 14.4. The van der Waals surface area contributed by atoms with Crippen LogP contribution in [0.1, 0.15) is 32.3 Å². The Morgan fingerprint density at radius 2 is 1.96 bits per heavy atom. The molecule has 7 heteroatoms. The van der Waals surface area contributed by atoms with Crippen molar-refractivity contribution in [2.75, 3.05) is 13.1 Å². The largest absolute Gasteiger partial charge is 0.368 e. The molecule has 1 aromatic carbocycles. The lowest BCUT2D eigenvalue weighted by Gasteiger charge is -2.29. The van der Waals surface area contributed by atoms with Crippen molar-refractivity contribution in [2.24, 2.45) is 5.73 Å². The van der Waals surface area contributed by atoms with Gasteiger partial charge in [-0.3, -0.25) is 4.79 Å². The summed E-state index contributed by atoms with van der Waals surface area (Å²) < 4.78 is 26.7. The van der Waals surface area contributed by atoms with Gasteiger partial charge >= 0.3 is 6.03 Å². The van der Waals surface area contributed by atoms with Gasteiger partial charge in [0.1, 0.15) is 17.5 Å². The Kier molecular flexibility index (Phi) is 5.77. The smallest absolute Gasteiger partial charge is 0.318 e. The fourth-order valence-corrected chi connectivity index (χ4v) is 2.73. The van der Waals surface area contributed by atoms with Gasteiger partial charge in [-0.15, -0.1) is 0 Å². The molecular formula is C18H23F2N3O2. The van der Waals surface area contributed by atoms with Crippen molar-refractivity contribution in [2.45, 2.75) is 38.4 Å². The van der Waals surface area contributed by atoms with E-state index in [9.17, 15) is 18.4 Å². The van der Waals surface area contributed by atoms with E-state index in [1.807, 2.05) is 6.08 Å². The molecule has 1 heterocycles.